The van der Waals surface area contributed by atoms with Gasteiger partial charge in [-0.05, 0) is 41.8 Å². The quantitative estimate of drug-likeness (QED) is 0.553. The smallest absolute Gasteiger partial charge is 0.265 e. The zero-order valence-corrected chi connectivity index (χ0v) is 16.8. The number of halogens is 2. The van der Waals surface area contributed by atoms with Crippen LogP contribution in [-0.4, -0.2) is 25.7 Å². The average molecular weight is 434 g/mol. The Bertz CT molecular complexity index is 1010. The molecule has 1 aliphatic rings. The van der Waals surface area contributed by atoms with Crippen molar-refractivity contribution in [1.29, 1.82) is 0 Å². The van der Waals surface area contributed by atoms with Crippen molar-refractivity contribution < 1.29 is 23.4 Å². The van der Waals surface area contributed by atoms with Crippen molar-refractivity contribution in [2.45, 2.75) is 6.54 Å². The normalized spacial score (nSPS) is 12.5. The molecule has 1 amide bonds. The molecule has 3 aromatic rings. The maximum absolute atomic E-state index is 13.2. The first kappa shape index (κ1) is 19.5. The summed E-state index contributed by atoms with van der Waals surface area (Å²) in [5, 5.41) is 2.07. The van der Waals surface area contributed by atoms with Gasteiger partial charge in [0.2, 0.25) is 0 Å². The minimum atomic E-state index is -0.468. The molecule has 0 spiro atoms. The number of fused-ring (bicyclic) bond motifs is 1. The SMILES string of the molecule is O=C(COc1ccc(F)cc1Cl)N(Cc1cccs1)c1ccc2c(c1)OCCO2. The number of carbonyl (C=O) groups is 1. The molecule has 0 radical (unpaired) electrons. The second kappa shape index (κ2) is 8.71. The second-order valence-electron chi connectivity index (χ2n) is 6.25. The number of amides is 1. The van der Waals surface area contributed by atoms with Gasteiger partial charge in [0.1, 0.15) is 24.8 Å². The standard InChI is InChI=1S/C21H17ClFNO4S/c22-17-10-14(23)3-5-18(17)28-13-21(25)24(12-16-2-1-9-29-16)15-4-6-19-20(11-15)27-8-7-26-19/h1-6,9-11H,7-8,12-13H2. The first-order valence-corrected chi connectivity index (χ1v) is 10.2. The van der Waals surface area contributed by atoms with Crippen LogP contribution in [0.3, 0.4) is 0 Å². The van der Waals surface area contributed by atoms with Gasteiger partial charge in [-0.1, -0.05) is 17.7 Å². The van der Waals surface area contributed by atoms with E-state index in [0.29, 0.717) is 36.9 Å². The van der Waals surface area contributed by atoms with E-state index in [1.54, 1.807) is 28.4 Å². The molecule has 8 heteroatoms. The molecule has 2 heterocycles. The maximum atomic E-state index is 13.2. The van der Waals surface area contributed by atoms with Gasteiger partial charge in [0.05, 0.1) is 11.6 Å². The van der Waals surface area contributed by atoms with Gasteiger partial charge in [0.25, 0.3) is 5.91 Å². The Labute approximate surface area is 176 Å². The van der Waals surface area contributed by atoms with Crippen LogP contribution in [0.25, 0.3) is 0 Å². The zero-order valence-electron chi connectivity index (χ0n) is 15.3. The number of benzene rings is 2. The molecule has 0 aliphatic carbocycles. The summed E-state index contributed by atoms with van der Waals surface area (Å²) in [6.45, 7) is 1.10. The fourth-order valence-corrected chi connectivity index (χ4v) is 3.81. The van der Waals surface area contributed by atoms with E-state index >= 15 is 0 Å². The van der Waals surface area contributed by atoms with E-state index in [-0.39, 0.29) is 23.3 Å². The van der Waals surface area contributed by atoms with Crippen LogP contribution in [0, 0.1) is 5.82 Å². The first-order chi connectivity index (χ1) is 14.1. The van der Waals surface area contributed by atoms with Crippen LogP contribution in [0.1, 0.15) is 4.88 Å². The van der Waals surface area contributed by atoms with Crippen molar-refractivity contribution in [3.05, 3.63) is 69.6 Å². The number of nitrogens with zero attached hydrogens (tertiary/aromatic N) is 1. The van der Waals surface area contributed by atoms with Crippen LogP contribution < -0.4 is 19.1 Å². The summed E-state index contributed by atoms with van der Waals surface area (Å²) in [5.41, 5.74) is 0.668. The van der Waals surface area contributed by atoms with Gasteiger partial charge in [0.15, 0.2) is 18.1 Å². The molecule has 29 heavy (non-hydrogen) atoms. The summed E-state index contributed by atoms with van der Waals surface area (Å²) >= 11 is 7.54. The lowest BCUT2D eigenvalue weighted by Crippen LogP contribution is -2.34. The first-order valence-electron chi connectivity index (χ1n) is 8.90. The highest BCUT2D eigenvalue weighted by atomic mass is 35.5. The van der Waals surface area contributed by atoms with Crippen LogP contribution in [0.4, 0.5) is 10.1 Å². The fraction of sp³-hybridized carbons (Fsp3) is 0.190. The van der Waals surface area contributed by atoms with E-state index in [2.05, 4.69) is 0 Å². The number of carbonyl (C=O) groups excluding carboxylic acids is 1. The van der Waals surface area contributed by atoms with Crippen molar-refractivity contribution >= 4 is 34.5 Å². The molecule has 0 unspecified atom stereocenters. The van der Waals surface area contributed by atoms with Crippen LogP contribution in [0.5, 0.6) is 17.2 Å². The lowest BCUT2D eigenvalue weighted by molar-refractivity contribution is -0.120. The van der Waals surface area contributed by atoms with Gasteiger partial charge in [0, 0.05) is 16.6 Å². The maximum Gasteiger partial charge on any atom is 0.265 e. The topological polar surface area (TPSA) is 48.0 Å². The minimum absolute atomic E-state index is 0.113. The number of rotatable bonds is 6. The molecule has 0 atom stereocenters. The van der Waals surface area contributed by atoms with Crippen LogP contribution in [-0.2, 0) is 11.3 Å². The van der Waals surface area contributed by atoms with E-state index in [0.717, 1.165) is 10.9 Å². The van der Waals surface area contributed by atoms with E-state index in [4.69, 9.17) is 25.8 Å². The lowest BCUT2D eigenvalue weighted by Gasteiger charge is -2.25. The molecular weight excluding hydrogens is 417 g/mol. The molecule has 1 aromatic heterocycles. The fourth-order valence-electron chi connectivity index (χ4n) is 2.89. The highest BCUT2D eigenvalue weighted by Gasteiger charge is 2.21. The highest BCUT2D eigenvalue weighted by Crippen LogP contribution is 2.35. The molecule has 1 aliphatic heterocycles. The van der Waals surface area contributed by atoms with Crippen LogP contribution in [0.2, 0.25) is 5.02 Å². The number of thiophene rings is 1. The predicted molar refractivity (Wildman–Crippen MR) is 110 cm³/mol. The summed E-state index contributed by atoms with van der Waals surface area (Å²) in [6.07, 6.45) is 0. The minimum Gasteiger partial charge on any atom is -0.486 e. The Morgan fingerprint density at radius 3 is 2.72 bits per heavy atom. The van der Waals surface area contributed by atoms with Gasteiger partial charge >= 0.3 is 0 Å². The Morgan fingerprint density at radius 2 is 1.97 bits per heavy atom. The largest absolute Gasteiger partial charge is 0.486 e. The summed E-state index contributed by atoms with van der Waals surface area (Å²) in [6, 6.07) is 13.0. The third-order valence-corrected chi connectivity index (χ3v) is 5.43. The van der Waals surface area contributed by atoms with Crippen LogP contribution >= 0.6 is 22.9 Å². The third-order valence-electron chi connectivity index (χ3n) is 4.28. The molecule has 0 fully saturated rings. The van der Waals surface area contributed by atoms with Gasteiger partial charge in [-0.25, -0.2) is 4.39 Å². The van der Waals surface area contributed by atoms with Crippen molar-refractivity contribution in [1.82, 2.24) is 0 Å². The second-order valence-corrected chi connectivity index (χ2v) is 7.69. The monoisotopic (exact) mass is 433 g/mol. The van der Waals surface area contributed by atoms with E-state index in [9.17, 15) is 9.18 Å². The molecule has 2 aromatic carbocycles. The lowest BCUT2D eigenvalue weighted by atomic mass is 10.2. The molecule has 4 rings (SSSR count). The Balaban J connectivity index is 1.55. The van der Waals surface area contributed by atoms with Crippen LogP contribution in [0.15, 0.2) is 53.9 Å². The summed E-state index contributed by atoms with van der Waals surface area (Å²) < 4.78 is 30.0. The Kier molecular flexibility index (Phi) is 5.87. The Morgan fingerprint density at radius 1 is 1.14 bits per heavy atom. The van der Waals surface area contributed by atoms with Crippen molar-refractivity contribution in [2.24, 2.45) is 0 Å². The average Bonchev–Trinajstić information content (AvgIpc) is 3.24. The summed E-state index contributed by atoms with van der Waals surface area (Å²) in [4.78, 5) is 15.6. The summed E-state index contributed by atoms with van der Waals surface area (Å²) in [5.74, 6) is 0.762. The molecule has 0 saturated carbocycles. The molecule has 0 saturated heterocycles. The van der Waals surface area contributed by atoms with Crippen molar-refractivity contribution in [3.63, 3.8) is 0 Å². The molecule has 150 valence electrons. The van der Waals surface area contributed by atoms with Crippen molar-refractivity contribution in [3.8, 4) is 17.2 Å². The van der Waals surface area contributed by atoms with Gasteiger partial charge < -0.3 is 19.1 Å². The van der Waals surface area contributed by atoms with Gasteiger partial charge in [-0.15, -0.1) is 11.3 Å². The van der Waals surface area contributed by atoms with E-state index in [1.165, 1.54) is 12.1 Å². The molecule has 0 N–H and O–H groups in total. The van der Waals surface area contributed by atoms with E-state index in [1.807, 2.05) is 23.6 Å². The van der Waals surface area contributed by atoms with Gasteiger partial charge in [-0.2, -0.15) is 0 Å². The number of hydrogen-bond acceptors (Lipinski definition) is 5. The zero-order chi connectivity index (χ0) is 20.2. The Hall–Kier alpha value is -2.77. The molecular formula is C21H17ClFNO4S. The number of ether oxygens (including phenoxy) is 3. The van der Waals surface area contributed by atoms with Gasteiger partial charge in [-0.3, -0.25) is 4.79 Å². The summed E-state index contributed by atoms with van der Waals surface area (Å²) in [7, 11) is 0. The van der Waals surface area contributed by atoms with Crippen molar-refractivity contribution in [2.75, 3.05) is 24.7 Å². The third kappa shape index (κ3) is 4.63. The highest BCUT2D eigenvalue weighted by molar-refractivity contribution is 7.09. The van der Waals surface area contributed by atoms with E-state index < -0.39 is 5.82 Å². The number of anilines is 1. The predicted octanol–water partition coefficient (Wildman–Crippen LogP) is 4.92. The molecule has 0 bridgehead atoms. The molecule has 5 nitrogen and oxygen atoms in total. The number of hydrogen-bond donors (Lipinski definition) is 0.